The third-order valence-electron chi connectivity index (χ3n) is 3.01. The lowest BCUT2D eigenvalue weighted by Crippen LogP contribution is -2.53. The van der Waals surface area contributed by atoms with Gasteiger partial charge in [0.15, 0.2) is 0 Å². The lowest BCUT2D eigenvalue weighted by Gasteiger charge is -2.36. The molecule has 2 heterocycles. The third-order valence-corrected chi connectivity index (χ3v) is 3.01. The van der Waals surface area contributed by atoms with Gasteiger partial charge in [0.1, 0.15) is 0 Å². The SMILES string of the molecule is Cc1ccc(CN2CC(C)NC(C)C2)cn1. The Morgan fingerprint density at radius 3 is 2.56 bits per heavy atom. The van der Waals surface area contributed by atoms with Gasteiger partial charge in [-0.3, -0.25) is 9.88 Å². The van der Waals surface area contributed by atoms with Crippen LogP contribution < -0.4 is 5.32 Å². The van der Waals surface area contributed by atoms with Gasteiger partial charge < -0.3 is 5.32 Å². The largest absolute Gasteiger partial charge is 0.309 e. The monoisotopic (exact) mass is 219 g/mol. The van der Waals surface area contributed by atoms with Crippen LogP contribution in [0.4, 0.5) is 0 Å². The number of piperazine rings is 1. The van der Waals surface area contributed by atoms with E-state index in [0.717, 1.165) is 25.3 Å². The summed E-state index contributed by atoms with van der Waals surface area (Å²) in [6.07, 6.45) is 1.99. The molecule has 2 atom stereocenters. The lowest BCUT2D eigenvalue weighted by molar-refractivity contribution is 0.166. The molecule has 1 N–H and O–H groups in total. The van der Waals surface area contributed by atoms with Crippen molar-refractivity contribution in [2.75, 3.05) is 13.1 Å². The first-order valence-corrected chi connectivity index (χ1v) is 6.03. The van der Waals surface area contributed by atoms with Crippen LogP contribution in [0, 0.1) is 6.92 Å². The van der Waals surface area contributed by atoms with E-state index in [1.165, 1.54) is 5.56 Å². The van der Waals surface area contributed by atoms with E-state index in [4.69, 9.17) is 0 Å². The molecule has 1 saturated heterocycles. The first kappa shape index (κ1) is 11.6. The molecule has 0 aromatic carbocycles. The van der Waals surface area contributed by atoms with Crippen LogP contribution in [0.5, 0.6) is 0 Å². The zero-order valence-electron chi connectivity index (χ0n) is 10.4. The molecule has 1 aromatic heterocycles. The average molecular weight is 219 g/mol. The summed E-state index contributed by atoms with van der Waals surface area (Å²) in [5.74, 6) is 0. The predicted molar refractivity (Wildman–Crippen MR) is 66.3 cm³/mol. The number of hydrogen-bond donors (Lipinski definition) is 1. The van der Waals surface area contributed by atoms with Crippen LogP contribution in [-0.4, -0.2) is 35.1 Å². The summed E-state index contributed by atoms with van der Waals surface area (Å²) < 4.78 is 0. The van der Waals surface area contributed by atoms with Gasteiger partial charge in [-0.2, -0.15) is 0 Å². The highest BCUT2D eigenvalue weighted by Gasteiger charge is 2.20. The van der Waals surface area contributed by atoms with Gasteiger partial charge in [-0.25, -0.2) is 0 Å². The van der Waals surface area contributed by atoms with Gasteiger partial charge in [0.25, 0.3) is 0 Å². The molecule has 0 amide bonds. The van der Waals surface area contributed by atoms with Gasteiger partial charge in [0.2, 0.25) is 0 Å². The van der Waals surface area contributed by atoms with E-state index in [2.05, 4.69) is 41.2 Å². The van der Waals surface area contributed by atoms with Gasteiger partial charge in [0, 0.05) is 43.6 Å². The normalized spacial score (nSPS) is 26.9. The summed E-state index contributed by atoms with van der Waals surface area (Å²) in [6.45, 7) is 9.78. The van der Waals surface area contributed by atoms with Crippen LogP contribution in [0.1, 0.15) is 25.1 Å². The molecule has 0 spiro atoms. The molecule has 2 rings (SSSR count). The Morgan fingerprint density at radius 2 is 2.00 bits per heavy atom. The number of rotatable bonds is 2. The molecule has 0 saturated carbocycles. The van der Waals surface area contributed by atoms with Gasteiger partial charge in [0.05, 0.1) is 0 Å². The molecular weight excluding hydrogens is 198 g/mol. The molecule has 1 aliphatic rings. The van der Waals surface area contributed by atoms with Gasteiger partial charge >= 0.3 is 0 Å². The van der Waals surface area contributed by atoms with Crippen LogP contribution >= 0.6 is 0 Å². The number of hydrogen-bond acceptors (Lipinski definition) is 3. The summed E-state index contributed by atoms with van der Waals surface area (Å²) in [5, 5.41) is 3.55. The molecule has 0 radical (unpaired) electrons. The number of aromatic nitrogens is 1. The number of aryl methyl sites for hydroxylation is 1. The standard InChI is InChI=1S/C13H21N3/c1-10-4-5-13(6-14-10)9-16-7-11(2)15-12(3)8-16/h4-6,11-12,15H,7-9H2,1-3H3. The highest BCUT2D eigenvalue weighted by molar-refractivity contribution is 5.13. The summed E-state index contributed by atoms with van der Waals surface area (Å²) in [6, 6.07) is 5.44. The fourth-order valence-corrected chi connectivity index (χ4v) is 2.42. The molecule has 1 aromatic rings. The van der Waals surface area contributed by atoms with Gasteiger partial charge in [-0.1, -0.05) is 6.07 Å². The summed E-state index contributed by atoms with van der Waals surface area (Å²) in [7, 11) is 0. The Balaban J connectivity index is 1.96. The van der Waals surface area contributed by atoms with Gasteiger partial charge in [-0.15, -0.1) is 0 Å². The van der Waals surface area contributed by atoms with E-state index in [1.807, 2.05) is 13.1 Å². The number of nitrogens with zero attached hydrogens (tertiary/aromatic N) is 2. The maximum atomic E-state index is 4.34. The van der Waals surface area contributed by atoms with Crippen molar-refractivity contribution in [2.24, 2.45) is 0 Å². The average Bonchev–Trinajstić information content (AvgIpc) is 2.20. The Bertz CT molecular complexity index is 324. The van der Waals surface area contributed by atoms with E-state index >= 15 is 0 Å². The van der Waals surface area contributed by atoms with E-state index in [0.29, 0.717) is 12.1 Å². The molecule has 1 aliphatic heterocycles. The fraction of sp³-hybridized carbons (Fsp3) is 0.615. The van der Waals surface area contributed by atoms with E-state index in [9.17, 15) is 0 Å². The minimum Gasteiger partial charge on any atom is -0.309 e. The lowest BCUT2D eigenvalue weighted by atomic mass is 10.1. The minimum absolute atomic E-state index is 0.585. The van der Waals surface area contributed by atoms with Crippen molar-refractivity contribution in [2.45, 2.75) is 39.4 Å². The van der Waals surface area contributed by atoms with Crippen molar-refractivity contribution in [3.63, 3.8) is 0 Å². The second-order valence-corrected chi connectivity index (χ2v) is 4.97. The maximum absolute atomic E-state index is 4.34. The maximum Gasteiger partial charge on any atom is 0.0372 e. The van der Waals surface area contributed by atoms with Crippen LogP contribution in [0.2, 0.25) is 0 Å². The Kier molecular flexibility index (Phi) is 3.56. The van der Waals surface area contributed by atoms with Crippen LogP contribution in [-0.2, 0) is 6.54 Å². The Morgan fingerprint density at radius 1 is 1.31 bits per heavy atom. The highest BCUT2D eigenvalue weighted by Crippen LogP contribution is 2.09. The van der Waals surface area contributed by atoms with E-state index in [-0.39, 0.29) is 0 Å². The van der Waals surface area contributed by atoms with Crippen molar-refractivity contribution < 1.29 is 0 Å². The topological polar surface area (TPSA) is 28.2 Å². The van der Waals surface area contributed by atoms with Crippen LogP contribution in [0.3, 0.4) is 0 Å². The number of nitrogens with one attached hydrogen (secondary N) is 1. The zero-order chi connectivity index (χ0) is 11.5. The molecule has 0 aliphatic carbocycles. The zero-order valence-corrected chi connectivity index (χ0v) is 10.4. The minimum atomic E-state index is 0.585. The third kappa shape index (κ3) is 3.03. The van der Waals surface area contributed by atoms with Crippen molar-refractivity contribution in [1.82, 2.24) is 15.2 Å². The number of pyridine rings is 1. The first-order chi connectivity index (χ1) is 7.63. The van der Waals surface area contributed by atoms with Crippen molar-refractivity contribution >= 4 is 0 Å². The van der Waals surface area contributed by atoms with Crippen LogP contribution in [0.15, 0.2) is 18.3 Å². The molecule has 3 heteroatoms. The molecular formula is C13H21N3. The second kappa shape index (κ2) is 4.93. The van der Waals surface area contributed by atoms with Crippen molar-refractivity contribution in [3.05, 3.63) is 29.6 Å². The highest BCUT2D eigenvalue weighted by atomic mass is 15.2. The van der Waals surface area contributed by atoms with Crippen molar-refractivity contribution in [3.8, 4) is 0 Å². The molecule has 0 bridgehead atoms. The van der Waals surface area contributed by atoms with Crippen molar-refractivity contribution in [1.29, 1.82) is 0 Å². The second-order valence-electron chi connectivity index (χ2n) is 4.97. The smallest absolute Gasteiger partial charge is 0.0372 e. The van der Waals surface area contributed by atoms with Crippen LogP contribution in [0.25, 0.3) is 0 Å². The molecule has 1 fully saturated rings. The molecule has 3 nitrogen and oxygen atoms in total. The Hall–Kier alpha value is -0.930. The molecule has 88 valence electrons. The summed E-state index contributed by atoms with van der Waals surface area (Å²) >= 11 is 0. The summed E-state index contributed by atoms with van der Waals surface area (Å²) in [5.41, 5.74) is 2.40. The molecule has 2 unspecified atom stereocenters. The summed E-state index contributed by atoms with van der Waals surface area (Å²) in [4.78, 5) is 6.84. The van der Waals surface area contributed by atoms with E-state index in [1.54, 1.807) is 0 Å². The quantitative estimate of drug-likeness (QED) is 0.818. The predicted octanol–water partition coefficient (Wildman–Crippen LogP) is 1.57. The Labute approximate surface area is 97.9 Å². The van der Waals surface area contributed by atoms with Gasteiger partial charge in [-0.05, 0) is 32.4 Å². The first-order valence-electron chi connectivity index (χ1n) is 6.03. The molecule has 16 heavy (non-hydrogen) atoms. The fourth-order valence-electron chi connectivity index (χ4n) is 2.42. The van der Waals surface area contributed by atoms with E-state index < -0.39 is 0 Å².